The number of aromatic nitrogens is 2. The summed E-state index contributed by atoms with van der Waals surface area (Å²) in [7, 11) is -3.74. The summed E-state index contributed by atoms with van der Waals surface area (Å²) in [5.41, 5.74) is 2.91. The maximum atomic E-state index is 12.8. The third-order valence-electron chi connectivity index (χ3n) is 6.02. The summed E-state index contributed by atoms with van der Waals surface area (Å²) in [6, 6.07) is 24.7. The van der Waals surface area contributed by atoms with Gasteiger partial charge >= 0.3 is 0 Å². The average molecular weight is 550 g/mol. The van der Waals surface area contributed by atoms with Crippen molar-refractivity contribution in [1.29, 1.82) is 0 Å². The molecule has 4 aromatic rings. The second-order valence-electron chi connectivity index (χ2n) is 8.74. The number of aliphatic hydroxyl groups is 1. The molecule has 1 fully saturated rings. The Morgan fingerprint density at radius 2 is 1.66 bits per heavy atom. The van der Waals surface area contributed by atoms with Crippen LogP contribution in [0.2, 0.25) is 0 Å². The smallest absolute Gasteiger partial charge is 0.261 e. The molecule has 0 aliphatic carbocycles. The molecule has 0 spiro atoms. The molecule has 1 saturated heterocycles. The van der Waals surface area contributed by atoms with Gasteiger partial charge in [0.15, 0.2) is 11.4 Å². The molecule has 8 nitrogen and oxygen atoms in total. The maximum absolute atomic E-state index is 12.8. The van der Waals surface area contributed by atoms with Crippen LogP contribution < -0.4 is 4.72 Å². The first kappa shape index (κ1) is 26.3. The van der Waals surface area contributed by atoms with Crippen LogP contribution in [-0.4, -0.2) is 35.3 Å². The van der Waals surface area contributed by atoms with Crippen molar-refractivity contribution in [1.82, 2.24) is 9.97 Å². The highest BCUT2D eigenvalue weighted by atomic mass is 32.2. The topological polar surface area (TPSA) is 111 Å². The fourth-order valence-corrected chi connectivity index (χ4v) is 6.00. The van der Waals surface area contributed by atoms with Gasteiger partial charge in [-0.3, -0.25) is 4.72 Å². The highest BCUT2D eigenvalue weighted by molar-refractivity contribution is 7.99. The fourth-order valence-electron chi connectivity index (χ4n) is 4.11. The molecule has 3 aromatic carbocycles. The monoisotopic (exact) mass is 549 g/mol. The van der Waals surface area contributed by atoms with Crippen LogP contribution in [0.5, 0.6) is 0 Å². The van der Waals surface area contributed by atoms with Crippen LogP contribution in [-0.2, 0) is 26.1 Å². The van der Waals surface area contributed by atoms with Crippen molar-refractivity contribution >= 4 is 27.5 Å². The number of hydrogen-bond acceptors (Lipinski definition) is 8. The Morgan fingerprint density at radius 1 is 0.895 bits per heavy atom. The van der Waals surface area contributed by atoms with Gasteiger partial charge in [0.25, 0.3) is 10.0 Å². The predicted molar refractivity (Wildman–Crippen MR) is 145 cm³/mol. The summed E-state index contributed by atoms with van der Waals surface area (Å²) >= 11 is 1.51. The van der Waals surface area contributed by atoms with Crippen LogP contribution in [0.25, 0.3) is 0 Å². The minimum Gasteiger partial charge on any atom is -0.392 e. The molecule has 10 heteroatoms. The Bertz CT molecular complexity index is 1440. The van der Waals surface area contributed by atoms with Gasteiger partial charge in [-0.15, -0.1) is 0 Å². The number of rotatable bonds is 9. The van der Waals surface area contributed by atoms with Crippen LogP contribution in [0.15, 0.2) is 107 Å². The Hall–Kier alpha value is -3.28. The van der Waals surface area contributed by atoms with Gasteiger partial charge in [0.1, 0.15) is 0 Å². The molecular weight excluding hydrogens is 522 g/mol. The van der Waals surface area contributed by atoms with Crippen LogP contribution in [0.1, 0.15) is 35.5 Å². The van der Waals surface area contributed by atoms with Crippen molar-refractivity contribution in [2.75, 3.05) is 10.5 Å². The molecule has 5 rings (SSSR count). The SMILES string of the molecule is O=S(=O)(Nc1cccc([C@@H]2O[C@H](CSc3ncccn3)C[C@H](c3ccc(CO)cc3)O2)c1)c1ccccc1. The van der Waals surface area contributed by atoms with Crippen molar-refractivity contribution < 1.29 is 23.0 Å². The Kier molecular flexibility index (Phi) is 8.35. The van der Waals surface area contributed by atoms with E-state index in [4.69, 9.17) is 9.47 Å². The first-order valence-corrected chi connectivity index (χ1v) is 14.6. The molecular formula is C28H27N3O5S2. The Balaban J connectivity index is 1.37. The largest absolute Gasteiger partial charge is 0.392 e. The van der Waals surface area contributed by atoms with E-state index in [1.807, 2.05) is 30.3 Å². The van der Waals surface area contributed by atoms with Crippen molar-refractivity contribution in [3.63, 3.8) is 0 Å². The van der Waals surface area contributed by atoms with Crippen LogP contribution in [0.3, 0.4) is 0 Å². The zero-order chi connectivity index (χ0) is 26.4. The first-order valence-electron chi connectivity index (χ1n) is 12.1. The summed E-state index contributed by atoms with van der Waals surface area (Å²) in [6.45, 7) is -0.0282. The number of nitrogens with zero attached hydrogens (tertiary/aromatic N) is 2. The molecule has 2 N–H and O–H groups in total. The minimum absolute atomic E-state index is 0.0282. The second-order valence-corrected chi connectivity index (χ2v) is 11.4. The third-order valence-corrected chi connectivity index (χ3v) is 8.42. The summed E-state index contributed by atoms with van der Waals surface area (Å²) in [6.07, 6.45) is 2.89. The lowest BCUT2D eigenvalue weighted by atomic mass is 10.0. The molecule has 1 aliphatic heterocycles. The predicted octanol–water partition coefficient (Wildman–Crippen LogP) is 5.11. The van der Waals surface area contributed by atoms with Crippen LogP contribution in [0, 0.1) is 0 Å². The lowest BCUT2D eigenvalue weighted by molar-refractivity contribution is -0.245. The van der Waals surface area contributed by atoms with E-state index in [-0.39, 0.29) is 23.7 Å². The summed E-state index contributed by atoms with van der Waals surface area (Å²) in [5.74, 6) is 0.620. The number of sulfonamides is 1. The van der Waals surface area contributed by atoms with Gasteiger partial charge in [0.2, 0.25) is 0 Å². The first-order chi connectivity index (χ1) is 18.5. The minimum atomic E-state index is -3.74. The van der Waals surface area contributed by atoms with E-state index >= 15 is 0 Å². The maximum Gasteiger partial charge on any atom is 0.261 e. The molecule has 0 amide bonds. The summed E-state index contributed by atoms with van der Waals surface area (Å²) < 4.78 is 41.1. The standard InChI is InChI=1S/C28H27N3O5S2/c32-18-20-10-12-21(13-11-20)26-17-24(19-37-28-29-14-5-15-30-28)35-27(36-26)22-6-4-7-23(16-22)31-38(33,34)25-8-2-1-3-9-25/h1-16,24,26-27,31-32H,17-19H2/t24-,26+,27+/m0/s1. The van der Waals surface area contributed by atoms with Crippen molar-refractivity contribution in [3.8, 4) is 0 Å². The lowest BCUT2D eigenvalue weighted by Crippen LogP contribution is -2.31. The average Bonchev–Trinajstić information content (AvgIpc) is 2.97. The number of hydrogen-bond donors (Lipinski definition) is 2. The number of thioether (sulfide) groups is 1. The van der Waals surface area contributed by atoms with Crippen molar-refractivity contribution in [2.24, 2.45) is 0 Å². The molecule has 38 heavy (non-hydrogen) atoms. The number of nitrogens with one attached hydrogen (secondary N) is 1. The highest BCUT2D eigenvalue weighted by Crippen LogP contribution is 2.39. The molecule has 0 radical (unpaired) electrons. The van der Waals surface area contributed by atoms with Crippen LogP contribution >= 0.6 is 11.8 Å². The lowest BCUT2D eigenvalue weighted by Gasteiger charge is -2.36. The summed E-state index contributed by atoms with van der Waals surface area (Å²) in [4.78, 5) is 8.75. The van der Waals surface area contributed by atoms with Gasteiger partial charge in [0, 0.05) is 35.8 Å². The number of ether oxygens (including phenoxy) is 2. The number of aliphatic hydroxyl groups excluding tert-OH is 1. The van der Waals surface area contributed by atoms with Gasteiger partial charge in [-0.05, 0) is 41.5 Å². The van der Waals surface area contributed by atoms with Crippen molar-refractivity contribution in [2.45, 2.75) is 41.6 Å². The van der Waals surface area contributed by atoms with E-state index in [0.717, 1.165) is 11.1 Å². The van der Waals surface area contributed by atoms with E-state index in [9.17, 15) is 13.5 Å². The fraction of sp³-hybridized carbons (Fsp3) is 0.214. The zero-order valence-electron chi connectivity index (χ0n) is 20.4. The molecule has 3 atom stereocenters. The second kappa shape index (κ2) is 12.1. The molecule has 1 aromatic heterocycles. The number of anilines is 1. The van der Waals surface area contributed by atoms with Gasteiger partial charge in [0.05, 0.1) is 23.7 Å². The van der Waals surface area contributed by atoms with Gasteiger partial charge in [-0.2, -0.15) is 0 Å². The molecule has 196 valence electrons. The molecule has 0 unspecified atom stereocenters. The van der Waals surface area contributed by atoms with Gasteiger partial charge in [-0.25, -0.2) is 18.4 Å². The molecule has 0 bridgehead atoms. The third kappa shape index (κ3) is 6.58. The van der Waals surface area contributed by atoms with E-state index < -0.39 is 16.3 Å². The van der Waals surface area contributed by atoms with Crippen molar-refractivity contribution in [3.05, 3.63) is 114 Å². The Morgan fingerprint density at radius 3 is 2.39 bits per heavy atom. The molecule has 0 saturated carbocycles. The van der Waals surface area contributed by atoms with E-state index in [0.29, 0.717) is 28.6 Å². The van der Waals surface area contributed by atoms with Crippen LogP contribution in [0.4, 0.5) is 5.69 Å². The van der Waals surface area contributed by atoms with E-state index in [2.05, 4.69) is 14.7 Å². The quantitative estimate of drug-likeness (QED) is 0.219. The number of benzene rings is 3. The van der Waals surface area contributed by atoms with E-state index in [1.54, 1.807) is 67.0 Å². The normalized spacial score (nSPS) is 19.7. The molecule has 1 aliphatic rings. The summed E-state index contributed by atoms with van der Waals surface area (Å²) in [5, 5.41) is 10.1. The van der Waals surface area contributed by atoms with Gasteiger partial charge in [-0.1, -0.05) is 66.4 Å². The van der Waals surface area contributed by atoms with E-state index in [1.165, 1.54) is 11.8 Å². The molecule has 2 heterocycles. The Labute approximate surface area is 226 Å². The zero-order valence-corrected chi connectivity index (χ0v) is 22.0. The highest BCUT2D eigenvalue weighted by Gasteiger charge is 2.32. The van der Waals surface area contributed by atoms with Gasteiger partial charge < -0.3 is 14.6 Å².